The number of benzene rings is 3. The first kappa shape index (κ1) is 28.0. The molecular weight excluding hydrogens is 460 g/mol. The van der Waals surface area contributed by atoms with Gasteiger partial charge in [-0.3, -0.25) is 9.59 Å². The fraction of sp³-hybridized carbons (Fsp3) is 0.375. The predicted molar refractivity (Wildman–Crippen MR) is 150 cm³/mol. The Bertz CT molecular complexity index is 1130. The van der Waals surface area contributed by atoms with Gasteiger partial charge in [-0.1, -0.05) is 80.6 Å². The maximum absolute atomic E-state index is 13.8. The van der Waals surface area contributed by atoms with Gasteiger partial charge in [0.25, 0.3) is 0 Å². The molecule has 0 aromatic heterocycles. The number of hydrogen-bond acceptors (Lipinski definition) is 3. The molecule has 0 radical (unpaired) electrons. The molecule has 0 spiro atoms. The molecule has 3 aromatic carbocycles. The van der Waals surface area contributed by atoms with E-state index in [1.54, 1.807) is 12.0 Å². The molecule has 3 aromatic rings. The summed E-state index contributed by atoms with van der Waals surface area (Å²) in [4.78, 5) is 29.1. The molecule has 0 aliphatic rings. The minimum atomic E-state index is -0.627. The fourth-order valence-electron chi connectivity index (χ4n) is 4.30. The van der Waals surface area contributed by atoms with Crippen molar-refractivity contribution >= 4 is 11.8 Å². The number of nitrogens with zero attached hydrogens (tertiary/aromatic N) is 1. The largest absolute Gasteiger partial charge is 0.497 e. The third kappa shape index (κ3) is 8.49. The number of carbonyl (C=O) groups is 2. The molecular formula is C32H40N2O3. The number of methoxy groups -OCH3 is 1. The van der Waals surface area contributed by atoms with Crippen LogP contribution in [0.15, 0.2) is 78.9 Å². The predicted octanol–water partition coefficient (Wildman–Crippen LogP) is 5.75. The zero-order valence-electron chi connectivity index (χ0n) is 22.6. The van der Waals surface area contributed by atoms with Gasteiger partial charge in [0.15, 0.2) is 0 Å². The van der Waals surface area contributed by atoms with Gasteiger partial charge in [-0.2, -0.15) is 0 Å². The third-order valence-corrected chi connectivity index (χ3v) is 6.82. The standard InChI is InChI=1S/C32H40N2O3/c1-5-24(3)33-32(36)30(22-27-11-8-7-9-12-27)34(23-28-13-10-14-29(21-28)37-4)31(35)20-19-26-17-15-25(6-2)16-18-26/h7-18,21,24,30H,5-6,19-20,22-23H2,1-4H3,(H,33,36)/t24-,30-/m1/s1. The number of rotatable bonds is 13. The Labute approximate surface area is 221 Å². The lowest BCUT2D eigenvalue weighted by atomic mass is 10.0. The van der Waals surface area contributed by atoms with Crippen LogP contribution in [-0.4, -0.2) is 35.9 Å². The van der Waals surface area contributed by atoms with Gasteiger partial charge in [0.2, 0.25) is 11.8 Å². The fourth-order valence-corrected chi connectivity index (χ4v) is 4.30. The van der Waals surface area contributed by atoms with Crippen LogP contribution in [0.1, 0.15) is 55.9 Å². The van der Waals surface area contributed by atoms with Crippen molar-refractivity contribution in [1.82, 2.24) is 10.2 Å². The van der Waals surface area contributed by atoms with E-state index in [-0.39, 0.29) is 17.9 Å². The van der Waals surface area contributed by atoms with Gasteiger partial charge in [0.05, 0.1) is 7.11 Å². The van der Waals surface area contributed by atoms with Crippen LogP contribution in [0.5, 0.6) is 5.75 Å². The maximum Gasteiger partial charge on any atom is 0.243 e. The highest BCUT2D eigenvalue weighted by molar-refractivity contribution is 5.88. The molecule has 2 atom stereocenters. The van der Waals surface area contributed by atoms with Crippen LogP contribution < -0.4 is 10.1 Å². The number of ether oxygens (including phenoxy) is 1. The summed E-state index contributed by atoms with van der Waals surface area (Å²) in [5, 5.41) is 3.12. The van der Waals surface area contributed by atoms with Gasteiger partial charge in [0.1, 0.15) is 11.8 Å². The smallest absolute Gasteiger partial charge is 0.243 e. The van der Waals surface area contributed by atoms with Gasteiger partial charge in [-0.25, -0.2) is 0 Å². The minimum absolute atomic E-state index is 0.0247. The van der Waals surface area contributed by atoms with E-state index in [1.165, 1.54) is 5.56 Å². The molecule has 0 fully saturated rings. The van der Waals surface area contributed by atoms with E-state index in [0.29, 0.717) is 25.8 Å². The van der Waals surface area contributed by atoms with Crippen molar-refractivity contribution < 1.29 is 14.3 Å². The number of nitrogens with one attached hydrogen (secondary N) is 1. The molecule has 0 bridgehead atoms. The van der Waals surface area contributed by atoms with E-state index in [9.17, 15) is 9.59 Å². The SMILES string of the molecule is CCc1ccc(CCC(=O)N(Cc2cccc(OC)c2)[C@H](Cc2ccccc2)C(=O)N[C@H](C)CC)cc1. The van der Waals surface area contributed by atoms with Gasteiger partial charge in [-0.05, 0) is 60.6 Å². The summed E-state index contributed by atoms with van der Waals surface area (Å²) < 4.78 is 5.41. The molecule has 196 valence electrons. The average molecular weight is 501 g/mol. The van der Waals surface area contributed by atoms with Crippen LogP contribution >= 0.6 is 0 Å². The number of amides is 2. The molecule has 0 aliphatic carbocycles. The third-order valence-electron chi connectivity index (χ3n) is 6.82. The molecule has 2 amide bonds. The molecule has 0 unspecified atom stereocenters. The molecule has 0 saturated heterocycles. The molecule has 0 heterocycles. The quantitative estimate of drug-likeness (QED) is 0.325. The Morgan fingerprint density at radius 2 is 1.54 bits per heavy atom. The van der Waals surface area contributed by atoms with Crippen molar-refractivity contribution in [1.29, 1.82) is 0 Å². The normalized spacial score (nSPS) is 12.4. The number of aryl methyl sites for hydroxylation is 2. The van der Waals surface area contributed by atoms with E-state index < -0.39 is 6.04 Å². The first-order valence-electron chi connectivity index (χ1n) is 13.3. The number of carbonyl (C=O) groups excluding carboxylic acids is 2. The highest BCUT2D eigenvalue weighted by Gasteiger charge is 2.30. The summed E-state index contributed by atoms with van der Waals surface area (Å²) in [5.74, 6) is 0.564. The van der Waals surface area contributed by atoms with Gasteiger partial charge in [0, 0.05) is 25.4 Å². The molecule has 0 saturated carbocycles. The first-order chi connectivity index (χ1) is 17.9. The summed E-state index contributed by atoms with van der Waals surface area (Å²) in [7, 11) is 1.63. The van der Waals surface area contributed by atoms with Gasteiger partial charge < -0.3 is 15.0 Å². The van der Waals surface area contributed by atoms with Crippen LogP contribution in [0.25, 0.3) is 0 Å². The van der Waals surface area contributed by atoms with E-state index >= 15 is 0 Å². The summed E-state index contributed by atoms with van der Waals surface area (Å²) in [6.45, 7) is 6.49. The Balaban J connectivity index is 1.91. The van der Waals surface area contributed by atoms with Gasteiger partial charge >= 0.3 is 0 Å². The van der Waals surface area contributed by atoms with Crippen molar-refractivity contribution in [2.45, 2.75) is 71.5 Å². The molecule has 5 heteroatoms. The zero-order valence-corrected chi connectivity index (χ0v) is 22.6. The summed E-state index contributed by atoms with van der Waals surface area (Å²) in [6.07, 6.45) is 3.21. The molecule has 37 heavy (non-hydrogen) atoms. The lowest BCUT2D eigenvalue weighted by molar-refractivity contribution is -0.141. The van der Waals surface area contributed by atoms with E-state index in [1.807, 2.05) is 68.4 Å². The molecule has 5 nitrogen and oxygen atoms in total. The maximum atomic E-state index is 13.8. The van der Waals surface area contributed by atoms with Gasteiger partial charge in [-0.15, -0.1) is 0 Å². The Hall–Kier alpha value is -3.60. The summed E-state index contributed by atoms with van der Waals surface area (Å²) in [5.41, 5.74) is 4.34. The monoisotopic (exact) mass is 500 g/mol. The lowest BCUT2D eigenvalue weighted by Gasteiger charge is -2.32. The average Bonchev–Trinajstić information content (AvgIpc) is 2.94. The Morgan fingerprint density at radius 3 is 2.19 bits per heavy atom. The second-order valence-electron chi connectivity index (χ2n) is 9.57. The van der Waals surface area contributed by atoms with Crippen molar-refractivity contribution in [2.75, 3.05) is 7.11 Å². The minimum Gasteiger partial charge on any atom is -0.497 e. The van der Waals surface area contributed by atoms with Crippen molar-refractivity contribution in [3.8, 4) is 5.75 Å². The molecule has 1 N–H and O–H groups in total. The van der Waals surface area contributed by atoms with E-state index in [0.717, 1.165) is 35.3 Å². The van der Waals surface area contributed by atoms with E-state index in [2.05, 4.69) is 36.5 Å². The summed E-state index contributed by atoms with van der Waals surface area (Å²) in [6, 6.07) is 25.4. The number of hydrogen-bond donors (Lipinski definition) is 1. The highest BCUT2D eigenvalue weighted by atomic mass is 16.5. The Morgan fingerprint density at radius 1 is 0.865 bits per heavy atom. The van der Waals surface area contributed by atoms with Crippen LogP contribution in [0.4, 0.5) is 0 Å². The topological polar surface area (TPSA) is 58.6 Å². The Kier molecular flexibility index (Phi) is 10.8. The zero-order chi connectivity index (χ0) is 26.6. The summed E-state index contributed by atoms with van der Waals surface area (Å²) >= 11 is 0. The second-order valence-corrected chi connectivity index (χ2v) is 9.57. The van der Waals surface area contributed by atoms with Crippen molar-refractivity contribution in [2.24, 2.45) is 0 Å². The van der Waals surface area contributed by atoms with Crippen molar-refractivity contribution in [3.05, 3.63) is 101 Å². The van der Waals surface area contributed by atoms with Crippen LogP contribution in [0.3, 0.4) is 0 Å². The highest BCUT2D eigenvalue weighted by Crippen LogP contribution is 2.20. The van der Waals surface area contributed by atoms with E-state index in [4.69, 9.17) is 4.74 Å². The van der Waals surface area contributed by atoms with Crippen LogP contribution in [0, 0.1) is 0 Å². The van der Waals surface area contributed by atoms with Crippen LogP contribution in [0.2, 0.25) is 0 Å². The molecule has 0 aliphatic heterocycles. The first-order valence-corrected chi connectivity index (χ1v) is 13.3. The molecule has 3 rings (SSSR count). The second kappa shape index (κ2) is 14.2. The lowest BCUT2D eigenvalue weighted by Crippen LogP contribution is -2.52. The van der Waals surface area contributed by atoms with Crippen molar-refractivity contribution in [3.63, 3.8) is 0 Å². The van der Waals surface area contributed by atoms with Crippen LogP contribution in [-0.2, 0) is 35.4 Å².